The van der Waals surface area contributed by atoms with Gasteiger partial charge in [0.15, 0.2) is 12.0 Å². The predicted molar refractivity (Wildman–Crippen MR) is 82.3 cm³/mol. The van der Waals surface area contributed by atoms with Crippen LogP contribution in [0.15, 0.2) is 54.6 Å². The second kappa shape index (κ2) is 6.22. The first-order valence-electron chi connectivity index (χ1n) is 6.92. The number of benzene rings is 2. The molecule has 1 aromatic heterocycles. The molecular weight excluding hydrogens is 278 g/mol. The van der Waals surface area contributed by atoms with Crippen molar-refractivity contribution >= 4 is 6.29 Å². The van der Waals surface area contributed by atoms with Crippen molar-refractivity contribution in [3.8, 4) is 11.4 Å². The van der Waals surface area contributed by atoms with Crippen molar-refractivity contribution in [1.29, 1.82) is 0 Å². The maximum absolute atomic E-state index is 11.2. The molecule has 0 fully saturated rings. The lowest BCUT2D eigenvalue weighted by molar-refractivity contribution is 0.111. The lowest BCUT2D eigenvalue weighted by Crippen LogP contribution is -2.07. The van der Waals surface area contributed by atoms with Crippen LogP contribution in [0, 0.1) is 6.92 Å². The lowest BCUT2D eigenvalue weighted by atomic mass is 10.2. The van der Waals surface area contributed by atoms with Gasteiger partial charge >= 0.3 is 0 Å². The molecule has 2 aromatic carbocycles. The van der Waals surface area contributed by atoms with Crippen LogP contribution in [-0.4, -0.2) is 21.3 Å². The van der Waals surface area contributed by atoms with E-state index in [1.165, 1.54) is 0 Å². The van der Waals surface area contributed by atoms with E-state index in [1.54, 1.807) is 4.68 Å². The Morgan fingerprint density at radius 1 is 1.09 bits per heavy atom. The van der Waals surface area contributed by atoms with Gasteiger partial charge in [0.2, 0.25) is 0 Å². The van der Waals surface area contributed by atoms with Gasteiger partial charge < -0.3 is 4.74 Å². The highest BCUT2D eigenvalue weighted by molar-refractivity contribution is 5.73. The Labute approximate surface area is 128 Å². The fourth-order valence-electron chi connectivity index (χ4n) is 2.10. The van der Waals surface area contributed by atoms with Crippen molar-refractivity contribution in [3.63, 3.8) is 0 Å². The van der Waals surface area contributed by atoms with Crippen molar-refractivity contribution < 1.29 is 9.53 Å². The average Bonchev–Trinajstić information content (AvgIpc) is 2.97. The maximum Gasteiger partial charge on any atom is 0.172 e. The molecule has 0 saturated carbocycles. The number of nitrogens with zero attached hydrogens (tertiary/aromatic N) is 3. The van der Waals surface area contributed by atoms with E-state index in [0.717, 1.165) is 17.0 Å². The minimum atomic E-state index is 0.221. The Morgan fingerprint density at radius 2 is 1.82 bits per heavy atom. The molecule has 1 heterocycles. The third-order valence-corrected chi connectivity index (χ3v) is 3.30. The summed E-state index contributed by atoms with van der Waals surface area (Å²) in [5.74, 6) is 0.732. The molecule has 0 N–H and O–H groups in total. The maximum atomic E-state index is 11.2. The van der Waals surface area contributed by atoms with Gasteiger partial charge in [0.05, 0.1) is 5.69 Å². The first-order valence-corrected chi connectivity index (χ1v) is 6.92. The number of carbonyl (C=O) groups excluding carboxylic acids is 1. The summed E-state index contributed by atoms with van der Waals surface area (Å²) in [6.07, 6.45) is 0.696. The summed E-state index contributed by atoms with van der Waals surface area (Å²) in [6.45, 7) is 2.24. The number of rotatable bonds is 5. The number of ether oxygens (including phenoxy) is 1. The molecule has 3 rings (SSSR count). The number of hydrogen-bond donors (Lipinski definition) is 0. The van der Waals surface area contributed by atoms with Gasteiger partial charge in [0.25, 0.3) is 0 Å². The number of hydrogen-bond acceptors (Lipinski definition) is 4. The summed E-state index contributed by atoms with van der Waals surface area (Å²) in [5, 5.41) is 7.97. The van der Waals surface area contributed by atoms with Crippen LogP contribution >= 0.6 is 0 Å². The Morgan fingerprint density at radius 3 is 2.50 bits per heavy atom. The van der Waals surface area contributed by atoms with Crippen LogP contribution in [0.1, 0.15) is 21.7 Å². The minimum absolute atomic E-state index is 0.221. The molecule has 0 saturated heterocycles. The molecular formula is C17H15N3O2. The molecule has 0 radical (unpaired) electrons. The van der Waals surface area contributed by atoms with Gasteiger partial charge in [-0.1, -0.05) is 41.1 Å². The van der Waals surface area contributed by atoms with E-state index in [2.05, 4.69) is 10.3 Å². The summed E-state index contributed by atoms with van der Waals surface area (Å²) in [4.78, 5) is 11.2. The molecule has 22 heavy (non-hydrogen) atoms. The van der Waals surface area contributed by atoms with Gasteiger partial charge in [-0.15, -0.1) is 5.10 Å². The number of para-hydroxylation sites is 1. The SMILES string of the molecule is Cc1ccc(-n2nnc(C=O)c2COc2ccccc2)cc1. The monoisotopic (exact) mass is 293 g/mol. The fourth-order valence-corrected chi connectivity index (χ4v) is 2.10. The van der Waals surface area contributed by atoms with Crippen LogP contribution in [0.3, 0.4) is 0 Å². The molecule has 0 aliphatic carbocycles. The molecule has 0 aliphatic rings. The van der Waals surface area contributed by atoms with E-state index in [9.17, 15) is 4.79 Å². The van der Waals surface area contributed by atoms with E-state index in [-0.39, 0.29) is 12.3 Å². The molecule has 5 heteroatoms. The largest absolute Gasteiger partial charge is 0.487 e. The highest BCUT2D eigenvalue weighted by Crippen LogP contribution is 2.16. The van der Waals surface area contributed by atoms with Crippen molar-refractivity contribution in [3.05, 3.63) is 71.5 Å². The summed E-state index contributed by atoms with van der Waals surface area (Å²) in [5.41, 5.74) is 2.92. The topological polar surface area (TPSA) is 57.0 Å². The molecule has 5 nitrogen and oxygen atoms in total. The molecule has 0 amide bonds. The average molecular weight is 293 g/mol. The van der Waals surface area contributed by atoms with Gasteiger partial charge in [-0.2, -0.15) is 0 Å². The zero-order chi connectivity index (χ0) is 15.4. The smallest absolute Gasteiger partial charge is 0.172 e. The highest BCUT2D eigenvalue weighted by Gasteiger charge is 2.14. The number of aldehydes is 1. The molecule has 110 valence electrons. The Kier molecular flexibility index (Phi) is 3.96. The van der Waals surface area contributed by atoms with Gasteiger partial charge in [-0.3, -0.25) is 4.79 Å². The zero-order valence-corrected chi connectivity index (χ0v) is 12.1. The highest BCUT2D eigenvalue weighted by atomic mass is 16.5. The summed E-state index contributed by atoms with van der Waals surface area (Å²) in [7, 11) is 0. The van der Waals surface area contributed by atoms with Gasteiger partial charge in [-0.25, -0.2) is 4.68 Å². The van der Waals surface area contributed by atoms with E-state index in [4.69, 9.17) is 4.74 Å². The van der Waals surface area contributed by atoms with Crippen LogP contribution in [0.5, 0.6) is 5.75 Å². The summed E-state index contributed by atoms with van der Waals surface area (Å²) >= 11 is 0. The van der Waals surface area contributed by atoms with Crippen LogP contribution < -0.4 is 4.74 Å². The Balaban J connectivity index is 1.90. The second-order valence-electron chi connectivity index (χ2n) is 4.89. The predicted octanol–water partition coefficient (Wildman–Crippen LogP) is 2.97. The second-order valence-corrected chi connectivity index (χ2v) is 4.89. The zero-order valence-electron chi connectivity index (χ0n) is 12.1. The molecule has 0 spiro atoms. The quantitative estimate of drug-likeness (QED) is 0.679. The van der Waals surface area contributed by atoms with E-state index >= 15 is 0 Å². The van der Waals surface area contributed by atoms with Gasteiger partial charge in [-0.05, 0) is 31.2 Å². The Hall–Kier alpha value is -2.95. The standard InChI is InChI=1S/C17H15N3O2/c1-13-7-9-14(10-8-13)20-17(16(11-21)18-19-20)12-22-15-5-3-2-4-6-15/h2-11H,12H2,1H3. The first kappa shape index (κ1) is 14.0. The van der Waals surface area contributed by atoms with Crippen molar-refractivity contribution in [2.24, 2.45) is 0 Å². The lowest BCUT2D eigenvalue weighted by Gasteiger charge is -2.09. The van der Waals surface area contributed by atoms with Gasteiger partial charge in [0.1, 0.15) is 18.1 Å². The molecule has 0 unspecified atom stereocenters. The third kappa shape index (κ3) is 2.88. The van der Waals surface area contributed by atoms with Crippen LogP contribution in [0.25, 0.3) is 5.69 Å². The molecule has 0 atom stereocenters. The number of aromatic nitrogens is 3. The molecule has 0 bridgehead atoms. The van der Waals surface area contributed by atoms with Crippen LogP contribution in [0.2, 0.25) is 0 Å². The van der Waals surface area contributed by atoms with Crippen LogP contribution in [-0.2, 0) is 6.61 Å². The van der Waals surface area contributed by atoms with Crippen LogP contribution in [0.4, 0.5) is 0 Å². The summed E-state index contributed by atoms with van der Waals surface area (Å²) in [6, 6.07) is 17.3. The minimum Gasteiger partial charge on any atom is -0.487 e. The fraction of sp³-hybridized carbons (Fsp3) is 0.118. The van der Waals surface area contributed by atoms with E-state index in [0.29, 0.717) is 12.0 Å². The van der Waals surface area contributed by atoms with Crippen molar-refractivity contribution in [2.45, 2.75) is 13.5 Å². The third-order valence-electron chi connectivity index (χ3n) is 3.30. The summed E-state index contributed by atoms with van der Waals surface area (Å²) < 4.78 is 7.35. The van der Waals surface area contributed by atoms with Gasteiger partial charge in [0, 0.05) is 0 Å². The van der Waals surface area contributed by atoms with E-state index < -0.39 is 0 Å². The molecule has 3 aromatic rings. The number of carbonyl (C=O) groups is 1. The van der Waals surface area contributed by atoms with Crippen molar-refractivity contribution in [2.75, 3.05) is 0 Å². The number of aryl methyl sites for hydroxylation is 1. The first-order chi connectivity index (χ1) is 10.8. The Bertz CT molecular complexity index is 764. The van der Waals surface area contributed by atoms with E-state index in [1.807, 2.05) is 61.5 Å². The normalized spacial score (nSPS) is 10.4. The van der Waals surface area contributed by atoms with Crippen molar-refractivity contribution in [1.82, 2.24) is 15.0 Å². The molecule has 0 aliphatic heterocycles.